The van der Waals surface area contributed by atoms with Gasteiger partial charge in [0.15, 0.2) is 0 Å². The van der Waals surface area contributed by atoms with Crippen molar-refractivity contribution < 1.29 is 9.53 Å². The van der Waals surface area contributed by atoms with Crippen molar-refractivity contribution in [2.45, 2.75) is 13.3 Å². The summed E-state index contributed by atoms with van der Waals surface area (Å²) >= 11 is 0. The SMILES string of the molecule is COc1cccc(NC(=O)Cc2ccc3[nH]c(C)cc3c2)c1. The first kappa shape index (κ1) is 14.2. The molecule has 3 aromatic rings. The molecule has 3 rings (SSSR count). The third-order valence-corrected chi connectivity index (χ3v) is 3.54. The molecule has 0 bridgehead atoms. The molecule has 0 aliphatic rings. The third-order valence-electron chi connectivity index (χ3n) is 3.54. The average Bonchev–Trinajstić information content (AvgIpc) is 2.86. The summed E-state index contributed by atoms with van der Waals surface area (Å²) < 4.78 is 5.15. The largest absolute Gasteiger partial charge is 0.497 e. The van der Waals surface area contributed by atoms with Gasteiger partial charge in [-0.1, -0.05) is 12.1 Å². The van der Waals surface area contributed by atoms with Gasteiger partial charge in [-0.25, -0.2) is 0 Å². The smallest absolute Gasteiger partial charge is 0.228 e. The minimum absolute atomic E-state index is 0.0418. The fourth-order valence-electron chi connectivity index (χ4n) is 2.53. The number of ether oxygens (including phenoxy) is 1. The molecule has 4 nitrogen and oxygen atoms in total. The third kappa shape index (κ3) is 3.11. The molecule has 2 N–H and O–H groups in total. The van der Waals surface area contributed by atoms with Gasteiger partial charge in [-0.2, -0.15) is 0 Å². The lowest BCUT2D eigenvalue weighted by molar-refractivity contribution is -0.115. The molecule has 1 aromatic heterocycles. The van der Waals surface area contributed by atoms with Gasteiger partial charge >= 0.3 is 0 Å². The van der Waals surface area contributed by atoms with Crippen LogP contribution >= 0.6 is 0 Å². The molecule has 22 heavy (non-hydrogen) atoms. The van der Waals surface area contributed by atoms with Gasteiger partial charge < -0.3 is 15.0 Å². The number of benzene rings is 2. The lowest BCUT2D eigenvalue weighted by Gasteiger charge is -2.07. The van der Waals surface area contributed by atoms with E-state index in [9.17, 15) is 4.79 Å². The summed E-state index contributed by atoms with van der Waals surface area (Å²) in [4.78, 5) is 15.4. The molecule has 0 unspecified atom stereocenters. The summed E-state index contributed by atoms with van der Waals surface area (Å²) in [6.45, 7) is 2.02. The van der Waals surface area contributed by atoms with E-state index >= 15 is 0 Å². The van der Waals surface area contributed by atoms with Crippen molar-refractivity contribution in [2.75, 3.05) is 12.4 Å². The molecule has 0 fully saturated rings. The molecule has 1 heterocycles. The number of carbonyl (C=O) groups excluding carboxylic acids is 1. The molecular formula is C18H18N2O2. The number of hydrogen-bond donors (Lipinski definition) is 2. The normalized spacial score (nSPS) is 10.6. The highest BCUT2D eigenvalue weighted by Crippen LogP contribution is 2.19. The van der Waals surface area contributed by atoms with Crippen LogP contribution in [0.25, 0.3) is 10.9 Å². The van der Waals surface area contributed by atoms with E-state index < -0.39 is 0 Å². The Morgan fingerprint density at radius 1 is 1.18 bits per heavy atom. The molecule has 112 valence electrons. The fourth-order valence-corrected chi connectivity index (χ4v) is 2.53. The first-order valence-corrected chi connectivity index (χ1v) is 7.16. The van der Waals surface area contributed by atoms with E-state index in [1.165, 1.54) is 0 Å². The van der Waals surface area contributed by atoms with Gasteiger partial charge in [0.05, 0.1) is 13.5 Å². The number of aromatic nitrogens is 1. The molecule has 4 heteroatoms. The van der Waals surface area contributed by atoms with Crippen LogP contribution in [-0.2, 0) is 11.2 Å². The Balaban J connectivity index is 1.71. The maximum Gasteiger partial charge on any atom is 0.228 e. The molecule has 2 aromatic carbocycles. The number of amides is 1. The van der Waals surface area contributed by atoms with E-state index in [0.29, 0.717) is 6.42 Å². The van der Waals surface area contributed by atoms with Crippen LogP contribution in [0.5, 0.6) is 5.75 Å². The zero-order valence-corrected chi connectivity index (χ0v) is 12.6. The van der Waals surface area contributed by atoms with Crippen LogP contribution in [0, 0.1) is 6.92 Å². The van der Waals surface area contributed by atoms with Gasteiger partial charge in [0.1, 0.15) is 5.75 Å². The number of aromatic amines is 1. The monoisotopic (exact) mass is 294 g/mol. The Bertz CT molecular complexity index is 821. The number of H-pyrrole nitrogens is 1. The number of hydrogen-bond acceptors (Lipinski definition) is 2. The summed E-state index contributed by atoms with van der Waals surface area (Å²) in [7, 11) is 1.61. The molecule has 0 atom stereocenters. The number of fused-ring (bicyclic) bond motifs is 1. The maximum absolute atomic E-state index is 12.2. The van der Waals surface area contributed by atoms with Crippen LogP contribution in [0.15, 0.2) is 48.5 Å². The second-order valence-corrected chi connectivity index (χ2v) is 5.33. The highest BCUT2D eigenvalue weighted by atomic mass is 16.5. The summed E-state index contributed by atoms with van der Waals surface area (Å²) in [5.74, 6) is 0.682. The fraction of sp³-hybridized carbons (Fsp3) is 0.167. The van der Waals surface area contributed by atoms with Crippen molar-refractivity contribution in [2.24, 2.45) is 0 Å². The molecule has 0 aliphatic heterocycles. The van der Waals surface area contributed by atoms with Gasteiger partial charge in [-0.05, 0) is 48.2 Å². The predicted molar refractivity (Wildman–Crippen MR) is 88.4 cm³/mol. The standard InChI is InChI=1S/C18H18N2O2/c1-12-8-14-9-13(6-7-17(14)19-12)10-18(21)20-15-4-3-5-16(11-15)22-2/h3-9,11,19H,10H2,1-2H3,(H,20,21). The number of anilines is 1. The number of nitrogens with one attached hydrogen (secondary N) is 2. The van der Waals surface area contributed by atoms with E-state index in [-0.39, 0.29) is 5.91 Å². The van der Waals surface area contributed by atoms with Gasteiger partial charge in [0, 0.05) is 23.0 Å². The van der Waals surface area contributed by atoms with Crippen molar-refractivity contribution in [1.82, 2.24) is 4.98 Å². The lowest BCUT2D eigenvalue weighted by Crippen LogP contribution is -2.14. The molecule has 0 saturated carbocycles. The van der Waals surface area contributed by atoms with Crippen LogP contribution < -0.4 is 10.1 Å². The topological polar surface area (TPSA) is 54.1 Å². The quantitative estimate of drug-likeness (QED) is 0.771. The number of aryl methyl sites for hydroxylation is 1. The predicted octanol–water partition coefficient (Wildman–Crippen LogP) is 3.67. The zero-order chi connectivity index (χ0) is 15.5. The Kier molecular flexibility index (Phi) is 3.83. The second-order valence-electron chi connectivity index (χ2n) is 5.33. The van der Waals surface area contributed by atoms with Crippen LogP contribution in [0.3, 0.4) is 0 Å². The number of rotatable bonds is 4. The highest BCUT2D eigenvalue weighted by molar-refractivity contribution is 5.93. The van der Waals surface area contributed by atoms with Gasteiger partial charge in [0.25, 0.3) is 0 Å². The Morgan fingerprint density at radius 3 is 2.86 bits per heavy atom. The average molecular weight is 294 g/mol. The van der Waals surface area contributed by atoms with Crippen molar-refractivity contribution in [3.8, 4) is 5.75 Å². The molecule has 0 radical (unpaired) electrons. The van der Waals surface area contributed by atoms with E-state index in [1.54, 1.807) is 13.2 Å². The number of methoxy groups -OCH3 is 1. The Hall–Kier alpha value is -2.75. The minimum Gasteiger partial charge on any atom is -0.497 e. The maximum atomic E-state index is 12.2. The van der Waals surface area contributed by atoms with E-state index in [1.807, 2.05) is 43.3 Å². The van der Waals surface area contributed by atoms with Crippen LogP contribution in [0.4, 0.5) is 5.69 Å². The van der Waals surface area contributed by atoms with Gasteiger partial charge in [-0.3, -0.25) is 4.79 Å². The van der Waals surface area contributed by atoms with Crippen LogP contribution in [0.1, 0.15) is 11.3 Å². The van der Waals surface area contributed by atoms with E-state index in [0.717, 1.165) is 33.6 Å². The zero-order valence-electron chi connectivity index (χ0n) is 12.6. The minimum atomic E-state index is -0.0418. The molecule has 1 amide bonds. The molecule has 0 aliphatic carbocycles. The van der Waals surface area contributed by atoms with E-state index in [4.69, 9.17) is 4.74 Å². The molecule has 0 saturated heterocycles. The lowest BCUT2D eigenvalue weighted by atomic mass is 10.1. The highest BCUT2D eigenvalue weighted by Gasteiger charge is 2.06. The Labute approximate surface area is 129 Å². The second kappa shape index (κ2) is 5.93. The number of carbonyl (C=O) groups is 1. The summed E-state index contributed by atoms with van der Waals surface area (Å²) in [6.07, 6.45) is 0.345. The van der Waals surface area contributed by atoms with Crippen molar-refractivity contribution >= 4 is 22.5 Å². The van der Waals surface area contributed by atoms with E-state index in [2.05, 4.69) is 16.4 Å². The van der Waals surface area contributed by atoms with Crippen LogP contribution in [0.2, 0.25) is 0 Å². The summed E-state index contributed by atoms with van der Waals surface area (Å²) in [5.41, 5.74) is 3.94. The summed E-state index contributed by atoms with van der Waals surface area (Å²) in [5, 5.41) is 4.02. The van der Waals surface area contributed by atoms with Crippen molar-refractivity contribution in [3.63, 3.8) is 0 Å². The first-order chi connectivity index (χ1) is 10.6. The van der Waals surface area contributed by atoms with Gasteiger partial charge in [0.2, 0.25) is 5.91 Å². The summed E-state index contributed by atoms with van der Waals surface area (Å²) in [6, 6.07) is 15.5. The van der Waals surface area contributed by atoms with Crippen molar-refractivity contribution in [1.29, 1.82) is 0 Å². The van der Waals surface area contributed by atoms with Gasteiger partial charge in [-0.15, -0.1) is 0 Å². The molecular weight excluding hydrogens is 276 g/mol. The first-order valence-electron chi connectivity index (χ1n) is 7.16. The Morgan fingerprint density at radius 2 is 2.05 bits per heavy atom. The molecule has 0 spiro atoms. The van der Waals surface area contributed by atoms with Crippen molar-refractivity contribution in [3.05, 3.63) is 59.8 Å². The van der Waals surface area contributed by atoms with Crippen LogP contribution in [-0.4, -0.2) is 18.0 Å².